The standard InChI is InChI=1S/C18H23N3O3/c1-13-11-17(24-19-13)18(22)21-9-7-20(8-10-21)14(2)15-5-4-6-16(12-15)23-3/h4-6,11-12,14H,7-10H2,1-3H3. The fourth-order valence-corrected chi connectivity index (χ4v) is 3.04. The van der Waals surface area contributed by atoms with Gasteiger partial charge in [0.25, 0.3) is 5.91 Å². The van der Waals surface area contributed by atoms with E-state index in [2.05, 4.69) is 29.1 Å². The van der Waals surface area contributed by atoms with Gasteiger partial charge in [0.1, 0.15) is 5.75 Å². The van der Waals surface area contributed by atoms with E-state index in [0.717, 1.165) is 24.5 Å². The highest BCUT2D eigenvalue weighted by molar-refractivity contribution is 5.91. The summed E-state index contributed by atoms with van der Waals surface area (Å²) >= 11 is 0. The number of carbonyl (C=O) groups is 1. The Balaban J connectivity index is 1.61. The topological polar surface area (TPSA) is 58.8 Å². The first-order valence-corrected chi connectivity index (χ1v) is 8.19. The highest BCUT2D eigenvalue weighted by Gasteiger charge is 2.27. The predicted octanol–water partition coefficient (Wildman–Crippen LogP) is 2.51. The molecule has 0 radical (unpaired) electrons. The Bertz CT molecular complexity index is 705. The summed E-state index contributed by atoms with van der Waals surface area (Å²) in [5, 5.41) is 3.79. The maximum absolute atomic E-state index is 12.4. The molecule has 1 amide bonds. The maximum atomic E-state index is 12.4. The molecule has 1 aromatic heterocycles. The molecule has 0 spiro atoms. The molecule has 1 aromatic carbocycles. The van der Waals surface area contributed by atoms with Crippen molar-refractivity contribution in [2.75, 3.05) is 33.3 Å². The van der Waals surface area contributed by atoms with Gasteiger partial charge in [0.05, 0.1) is 12.8 Å². The van der Waals surface area contributed by atoms with Crippen LogP contribution in [0.3, 0.4) is 0 Å². The van der Waals surface area contributed by atoms with Gasteiger partial charge in [0.15, 0.2) is 0 Å². The van der Waals surface area contributed by atoms with E-state index in [9.17, 15) is 4.79 Å². The first kappa shape index (κ1) is 16.5. The molecule has 0 bridgehead atoms. The number of carbonyl (C=O) groups excluding carboxylic acids is 1. The van der Waals surface area contributed by atoms with E-state index >= 15 is 0 Å². The number of hydrogen-bond acceptors (Lipinski definition) is 5. The lowest BCUT2D eigenvalue weighted by atomic mass is 10.1. The molecular formula is C18H23N3O3. The van der Waals surface area contributed by atoms with Gasteiger partial charge in [-0.15, -0.1) is 0 Å². The zero-order chi connectivity index (χ0) is 17.1. The molecule has 6 nitrogen and oxygen atoms in total. The van der Waals surface area contributed by atoms with Gasteiger partial charge in [0.2, 0.25) is 5.76 Å². The second-order valence-corrected chi connectivity index (χ2v) is 6.11. The van der Waals surface area contributed by atoms with Crippen molar-refractivity contribution in [3.8, 4) is 5.75 Å². The van der Waals surface area contributed by atoms with Crippen molar-refractivity contribution >= 4 is 5.91 Å². The van der Waals surface area contributed by atoms with Crippen molar-refractivity contribution in [3.05, 3.63) is 47.3 Å². The van der Waals surface area contributed by atoms with E-state index in [-0.39, 0.29) is 11.9 Å². The fourth-order valence-electron chi connectivity index (χ4n) is 3.04. The van der Waals surface area contributed by atoms with Crippen LogP contribution in [0.15, 0.2) is 34.9 Å². The lowest BCUT2D eigenvalue weighted by Gasteiger charge is -2.37. The number of piperazine rings is 1. The van der Waals surface area contributed by atoms with Crippen LogP contribution in [0.4, 0.5) is 0 Å². The van der Waals surface area contributed by atoms with Gasteiger partial charge in [-0.05, 0) is 31.5 Å². The monoisotopic (exact) mass is 329 g/mol. The number of ether oxygens (including phenoxy) is 1. The summed E-state index contributed by atoms with van der Waals surface area (Å²) in [4.78, 5) is 16.6. The van der Waals surface area contributed by atoms with Crippen LogP contribution in [0, 0.1) is 6.92 Å². The molecule has 1 atom stereocenters. The largest absolute Gasteiger partial charge is 0.497 e. The minimum Gasteiger partial charge on any atom is -0.497 e. The van der Waals surface area contributed by atoms with Gasteiger partial charge in [-0.25, -0.2) is 0 Å². The normalized spacial score (nSPS) is 16.9. The molecule has 1 aliphatic rings. The van der Waals surface area contributed by atoms with E-state index in [1.54, 1.807) is 13.2 Å². The van der Waals surface area contributed by atoms with E-state index in [1.807, 2.05) is 24.0 Å². The molecule has 1 aliphatic heterocycles. The highest BCUT2D eigenvalue weighted by Crippen LogP contribution is 2.25. The van der Waals surface area contributed by atoms with E-state index < -0.39 is 0 Å². The molecule has 2 heterocycles. The number of nitrogens with zero attached hydrogens (tertiary/aromatic N) is 3. The molecule has 0 saturated carbocycles. The minimum absolute atomic E-state index is 0.0794. The van der Waals surface area contributed by atoms with Crippen LogP contribution < -0.4 is 4.74 Å². The minimum atomic E-state index is -0.0794. The van der Waals surface area contributed by atoms with Gasteiger partial charge in [-0.2, -0.15) is 0 Å². The van der Waals surface area contributed by atoms with Crippen LogP contribution in [0.1, 0.15) is 34.8 Å². The summed E-state index contributed by atoms with van der Waals surface area (Å²) < 4.78 is 10.4. The summed E-state index contributed by atoms with van der Waals surface area (Å²) in [6.07, 6.45) is 0. The number of aromatic nitrogens is 1. The Kier molecular flexibility index (Phi) is 4.85. The summed E-state index contributed by atoms with van der Waals surface area (Å²) in [6.45, 7) is 7.04. The van der Waals surface area contributed by atoms with Crippen molar-refractivity contribution < 1.29 is 14.1 Å². The third-order valence-corrected chi connectivity index (χ3v) is 4.56. The summed E-state index contributed by atoms with van der Waals surface area (Å²) in [7, 11) is 1.68. The van der Waals surface area contributed by atoms with E-state index in [0.29, 0.717) is 18.8 Å². The average molecular weight is 329 g/mol. The van der Waals surface area contributed by atoms with Crippen molar-refractivity contribution in [2.45, 2.75) is 19.9 Å². The molecule has 1 saturated heterocycles. The van der Waals surface area contributed by atoms with Gasteiger partial charge in [0, 0.05) is 38.3 Å². The third-order valence-electron chi connectivity index (χ3n) is 4.56. The number of aryl methyl sites for hydroxylation is 1. The number of hydrogen-bond donors (Lipinski definition) is 0. The van der Waals surface area contributed by atoms with Crippen LogP contribution in [0.5, 0.6) is 5.75 Å². The number of benzene rings is 1. The first-order valence-electron chi connectivity index (χ1n) is 8.19. The molecule has 2 aromatic rings. The summed E-state index contributed by atoms with van der Waals surface area (Å²) in [5.74, 6) is 1.11. The van der Waals surface area contributed by atoms with Crippen molar-refractivity contribution in [2.24, 2.45) is 0 Å². The molecule has 24 heavy (non-hydrogen) atoms. The summed E-state index contributed by atoms with van der Waals surface area (Å²) in [5.41, 5.74) is 1.95. The van der Waals surface area contributed by atoms with Gasteiger partial charge < -0.3 is 14.2 Å². The molecule has 128 valence electrons. The summed E-state index contributed by atoms with van der Waals surface area (Å²) in [6, 6.07) is 10.1. The molecule has 1 unspecified atom stereocenters. The maximum Gasteiger partial charge on any atom is 0.292 e. The van der Waals surface area contributed by atoms with Crippen molar-refractivity contribution in [1.29, 1.82) is 0 Å². The first-order chi connectivity index (χ1) is 11.6. The zero-order valence-electron chi connectivity index (χ0n) is 14.4. The van der Waals surface area contributed by atoms with Crippen LogP contribution in [-0.4, -0.2) is 54.2 Å². The zero-order valence-corrected chi connectivity index (χ0v) is 14.4. The number of methoxy groups -OCH3 is 1. The van der Waals surface area contributed by atoms with Gasteiger partial charge in [-0.3, -0.25) is 9.69 Å². The Hall–Kier alpha value is -2.34. The molecule has 1 fully saturated rings. The molecule has 0 N–H and O–H groups in total. The lowest BCUT2D eigenvalue weighted by molar-refractivity contribution is 0.0544. The second kappa shape index (κ2) is 7.05. The SMILES string of the molecule is COc1cccc(C(C)N2CCN(C(=O)c3cc(C)no3)CC2)c1. The van der Waals surface area contributed by atoms with Crippen LogP contribution in [0.25, 0.3) is 0 Å². The second-order valence-electron chi connectivity index (χ2n) is 6.11. The highest BCUT2D eigenvalue weighted by atomic mass is 16.5. The predicted molar refractivity (Wildman–Crippen MR) is 90.1 cm³/mol. The average Bonchev–Trinajstić information content (AvgIpc) is 3.07. The molecular weight excluding hydrogens is 306 g/mol. The van der Waals surface area contributed by atoms with Crippen molar-refractivity contribution in [1.82, 2.24) is 15.0 Å². The molecule has 0 aliphatic carbocycles. The van der Waals surface area contributed by atoms with Crippen LogP contribution in [-0.2, 0) is 0 Å². The van der Waals surface area contributed by atoms with Gasteiger partial charge in [-0.1, -0.05) is 17.3 Å². The Labute approximate surface area is 142 Å². The third kappa shape index (κ3) is 3.43. The molecule has 3 rings (SSSR count). The molecule has 6 heteroatoms. The Morgan fingerprint density at radius 2 is 2.00 bits per heavy atom. The van der Waals surface area contributed by atoms with E-state index in [4.69, 9.17) is 9.26 Å². The smallest absolute Gasteiger partial charge is 0.292 e. The Morgan fingerprint density at radius 3 is 2.62 bits per heavy atom. The number of rotatable bonds is 4. The van der Waals surface area contributed by atoms with Crippen LogP contribution in [0.2, 0.25) is 0 Å². The quantitative estimate of drug-likeness (QED) is 0.862. The van der Waals surface area contributed by atoms with E-state index in [1.165, 1.54) is 5.56 Å². The lowest BCUT2D eigenvalue weighted by Crippen LogP contribution is -2.49. The Morgan fingerprint density at radius 1 is 1.25 bits per heavy atom. The van der Waals surface area contributed by atoms with Gasteiger partial charge >= 0.3 is 0 Å². The van der Waals surface area contributed by atoms with Crippen LogP contribution >= 0.6 is 0 Å². The number of amides is 1. The fraction of sp³-hybridized carbons (Fsp3) is 0.444. The van der Waals surface area contributed by atoms with Crippen molar-refractivity contribution in [3.63, 3.8) is 0 Å².